The molecule has 1 unspecified atom stereocenters. The van der Waals surface area contributed by atoms with Crippen LogP contribution in [0.3, 0.4) is 0 Å². The largest absolute Gasteiger partial charge is 0.493 e. The summed E-state index contributed by atoms with van der Waals surface area (Å²) in [5, 5.41) is 10.2. The summed E-state index contributed by atoms with van der Waals surface area (Å²) < 4.78 is 15.9. The molecule has 9 heteroatoms. The highest BCUT2D eigenvalue weighted by molar-refractivity contribution is 5.74. The van der Waals surface area contributed by atoms with Crippen molar-refractivity contribution in [1.82, 2.24) is 25.7 Å². The van der Waals surface area contributed by atoms with Crippen molar-refractivity contribution in [3.05, 3.63) is 24.1 Å². The van der Waals surface area contributed by atoms with E-state index >= 15 is 0 Å². The minimum absolute atomic E-state index is 0.128. The van der Waals surface area contributed by atoms with Crippen LogP contribution < -0.4 is 20.1 Å². The van der Waals surface area contributed by atoms with Gasteiger partial charge in [0.1, 0.15) is 6.04 Å². The quantitative estimate of drug-likeness (QED) is 0.822. The number of ether oxygens (including phenoxy) is 2. The van der Waals surface area contributed by atoms with Crippen LogP contribution in [0.1, 0.15) is 25.3 Å². The van der Waals surface area contributed by atoms with Gasteiger partial charge in [0.25, 0.3) is 0 Å². The Kier molecular flexibility index (Phi) is 6.12. The Morgan fingerprint density at radius 3 is 2.85 bits per heavy atom. The number of nitrogens with zero attached hydrogens (tertiary/aromatic N) is 3. The van der Waals surface area contributed by atoms with Gasteiger partial charge in [-0.2, -0.15) is 4.98 Å². The number of rotatable bonds is 5. The molecule has 1 aromatic heterocycles. The second kappa shape index (κ2) is 8.72. The van der Waals surface area contributed by atoms with Gasteiger partial charge in [-0.05, 0) is 38.1 Å². The monoisotopic (exact) mass is 375 g/mol. The molecule has 1 atom stereocenters. The van der Waals surface area contributed by atoms with Crippen LogP contribution in [0.15, 0.2) is 22.7 Å². The maximum atomic E-state index is 12.4. The first-order chi connectivity index (χ1) is 13.1. The van der Waals surface area contributed by atoms with E-state index in [0.717, 1.165) is 31.6 Å². The van der Waals surface area contributed by atoms with Crippen LogP contribution in [0.2, 0.25) is 0 Å². The molecule has 1 aliphatic rings. The molecule has 2 N–H and O–H groups in total. The minimum atomic E-state index is -0.393. The fraction of sp³-hybridized carbons (Fsp3) is 0.500. The molecule has 0 aliphatic carbocycles. The zero-order chi connectivity index (χ0) is 19.2. The smallest absolute Gasteiger partial charge is 0.318 e. The Bertz CT molecular complexity index is 771. The molecule has 2 aromatic rings. The fourth-order valence-electron chi connectivity index (χ4n) is 2.89. The standard InChI is InChI=1S/C18H25N5O4/c1-12(20-18(24)23-9-4-7-19-8-10-23)17-21-16(22-27-17)13-5-6-14(25-2)15(11-13)26-3/h5-6,11-12,19H,4,7-10H2,1-3H3,(H,20,24). The molecule has 0 spiro atoms. The van der Waals surface area contributed by atoms with E-state index in [-0.39, 0.29) is 6.03 Å². The molecule has 2 amide bonds. The first kappa shape index (κ1) is 19.0. The Morgan fingerprint density at radius 1 is 1.26 bits per heavy atom. The maximum absolute atomic E-state index is 12.4. The van der Waals surface area contributed by atoms with E-state index in [1.807, 2.05) is 13.0 Å². The van der Waals surface area contributed by atoms with Crippen molar-refractivity contribution in [3.8, 4) is 22.9 Å². The fourth-order valence-corrected chi connectivity index (χ4v) is 2.89. The van der Waals surface area contributed by atoms with Crippen molar-refractivity contribution in [2.75, 3.05) is 40.4 Å². The first-order valence-corrected chi connectivity index (χ1v) is 8.94. The van der Waals surface area contributed by atoms with E-state index in [4.69, 9.17) is 14.0 Å². The highest BCUT2D eigenvalue weighted by atomic mass is 16.5. The van der Waals surface area contributed by atoms with Crippen LogP contribution in [-0.4, -0.2) is 61.5 Å². The van der Waals surface area contributed by atoms with Crippen molar-refractivity contribution in [2.45, 2.75) is 19.4 Å². The lowest BCUT2D eigenvalue weighted by molar-refractivity contribution is 0.195. The highest BCUT2D eigenvalue weighted by Crippen LogP contribution is 2.31. The Morgan fingerprint density at radius 2 is 2.07 bits per heavy atom. The number of aromatic nitrogens is 2. The number of amides is 2. The lowest BCUT2D eigenvalue weighted by Crippen LogP contribution is -2.42. The van der Waals surface area contributed by atoms with Crippen molar-refractivity contribution < 1.29 is 18.8 Å². The normalized spacial score (nSPS) is 15.7. The molecule has 146 valence electrons. The zero-order valence-corrected chi connectivity index (χ0v) is 15.8. The number of hydrogen-bond acceptors (Lipinski definition) is 7. The van der Waals surface area contributed by atoms with Gasteiger partial charge in [-0.3, -0.25) is 0 Å². The predicted octanol–water partition coefficient (Wildman–Crippen LogP) is 1.82. The van der Waals surface area contributed by atoms with E-state index in [1.165, 1.54) is 0 Å². The van der Waals surface area contributed by atoms with Crippen LogP contribution in [-0.2, 0) is 0 Å². The van der Waals surface area contributed by atoms with Gasteiger partial charge in [0, 0.05) is 25.2 Å². The van der Waals surface area contributed by atoms with Gasteiger partial charge < -0.3 is 29.5 Å². The molecular formula is C18H25N5O4. The molecule has 9 nitrogen and oxygen atoms in total. The molecule has 2 heterocycles. The van der Waals surface area contributed by atoms with Crippen LogP contribution in [0.4, 0.5) is 4.79 Å². The summed E-state index contributed by atoms with van der Waals surface area (Å²) in [5.74, 6) is 1.97. The summed E-state index contributed by atoms with van der Waals surface area (Å²) in [5.41, 5.74) is 0.736. The average molecular weight is 375 g/mol. The molecule has 1 saturated heterocycles. The molecule has 3 rings (SSSR count). The van der Waals surface area contributed by atoms with Crippen LogP contribution in [0.25, 0.3) is 11.4 Å². The third-order valence-corrected chi connectivity index (χ3v) is 4.42. The second-order valence-corrected chi connectivity index (χ2v) is 6.29. The van der Waals surface area contributed by atoms with Gasteiger partial charge in [-0.1, -0.05) is 5.16 Å². The second-order valence-electron chi connectivity index (χ2n) is 6.29. The van der Waals surface area contributed by atoms with Crippen molar-refractivity contribution >= 4 is 6.03 Å². The third-order valence-electron chi connectivity index (χ3n) is 4.42. The average Bonchev–Trinajstić information content (AvgIpc) is 3.02. The molecule has 1 fully saturated rings. The lowest BCUT2D eigenvalue weighted by Gasteiger charge is -2.22. The molecular weight excluding hydrogens is 350 g/mol. The summed E-state index contributed by atoms with van der Waals surface area (Å²) in [6.45, 7) is 4.95. The van der Waals surface area contributed by atoms with Gasteiger partial charge in [-0.15, -0.1) is 0 Å². The molecule has 0 radical (unpaired) electrons. The van der Waals surface area contributed by atoms with Gasteiger partial charge in [0.2, 0.25) is 11.7 Å². The Hall–Kier alpha value is -2.81. The summed E-state index contributed by atoms with van der Waals surface area (Å²) in [4.78, 5) is 18.6. The van der Waals surface area contributed by atoms with E-state index in [9.17, 15) is 4.79 Å². The zero-order valence-electron chi connectivity index (χ0n) is 15.8. The molecule has 0 bridgehead atoms. The third kappa shape index (κ3) is 4.48. The van der Waals surface area contributed by atoms with E-state index in [1.54, 1.807) is 31.3 Å². The van der Waals surface area contributed by atoms with Crippen LogP contribution in [0.5, 0.6) is 11.5 Å². The van der Waals surface area contributed by atoms with Gasteiger partial charge in [-0.25, -0.2) is 4.79 Å². The summed E-state index contributed by atoms with van der Waals surface area (Å²) in [6, 6.07) is 4.86. The summed E-state index contributed by atoms with van der Waals surface area (Å²) >= 11 is 0. The summed E-state index contributed by atoms with van der Waals surface area (Å²) in [6.07, 6.45) is 0.936. The van der Waals surface area contributed by atoms with Gasteiger partial charge >= 0.3 is 6.03 Å². The van der Waals surface area contributed by atoms with E-state index in [0.29, 0.717) is 29.8 Å². The number of methoxy groups -OCH3 is 2. The number of hydrogen-bond donors (Lipinski definition) is 2. The van der Waals surface area contributed by atoms with Crippen molar-refractivity contribution in [1.29, 1.82) is 0 Å². The van der Waals surface area contributed by atoms with Crippen molar-refractivity contribution in [2.24, 2.45) is 0 Å². The number of urea groups is 1. The van der Waals surface area contributed by atoms with E-state index < -0.39 is 6.04 Å². The number of carbonyl (C=O) groups is 1. The molecule has 1 aliphatic heterocycles. The summed E-state index contributed by atoms with van der Waals surface area (Å²) in [7, 11) is 3.15. The van der Waals surface area contributed by atoms with Crippen LogP contribution >= 0.6 is 0 Å². The number of carbonyl (C=O) groups excluding carboxylic acids is 1. The molecule has 1 aromatic carbocycles. The maximum Gasteiger partial charge on any atom is 0.318 e. The van der Waals surface area contributed by atoms with Gasteiger partial charge in [0.15, 0.2) is 11.5 Å². The number of nitrogens with one attached hydrogen (secondary N) is 2. The predicted molar refractivity (Wildman–Crippen MR) is 98.8 cm³/mol. The SMILES string of the molecule is COc1ccc(-c2noc(C(C)NC(=O)N3CCCNCC3)n2)cc1OC. The number of benzene rings is 1. The Labute approximate surface area is 158 Å². The van der Waals surface area contributed by atoms with E-state index in [2.05, 4.69) is 20.8 Å². The molecule has 27 heavy (non-hydrogen) atoms. The highest BCUT2D eigenvalue weighted by Gasteiger charge is 2.21. The Balaban J connectivity index is 1.68. The van der Waals surface area contributed by atoms with Crippen LogP contribution in [0, 0.1) is 0 Å². The first-order valence-electron chi connectivity index (χ1n) is 8.94. The van der Waals surface area contributed by atoms with Gasteiger partial charge in [0.05, 0.1) is 14.2 Å². The topological polar surface area (TPSA) is 102 Å². The van der Waals surface area contributed by atoms with Crippen molar-refractivity contribution in [3.63, 3.8) is 0 Å². The molecule has 0 saturated carbocycles. The lowest BCUT2D eigenvalue weighted by atomic mass is 10.2. The minimum Gasteiger partial charge on any atom is -0.493 e.